The van der Waals surface area contributed by atoms with Gasteiger partial charge >= 0.3 is 0 Å². The first-order valence-corrected chi connectivity index (χ1v) is 23.5. The number of carbonyl (C=O) groups excluding carboxylic acids is 4. The molecule has 0 bridgehead atoms. The molecule has 2 N–H and O–H groups in total. The molecule has 4 heterocycles. The van der Waals surface area contributed by atoms with Crippen molar-refractivity contribution in [1.82, 2.24) is 34.5 Å². The van der Waals surface area contributed by atoms with E-state index in [2.05, 4.69) is 14.8 Å². The Morgan fingerprint density at radius 3 is 2.30 bits per heavy atom. The van der Waals surface area contributed by atoms with Crippen LogP contribution in [0.5, 0.6) is 17.2 Å². The van der Waals surface area contributed by atoms with Gasteiger partial charge in [-0.3, -0.25) is 24.1 Å². The van der Waals surface area contributed by atoms with Crippen molar-refractivity contribution in [2.75, 3.05) is 46.9 Å². The number of aliphatic hydroxyl groups is 1. The molecule has 0 saturated carbocycles. The number of aliphatic hydroxyl groups excluding tert-OH is 1. The van der Waals surface area contributed by atoms with Gasteiger partial charge in [-0.2, -0.15) is 0 Å². The van der Waals surface area contributed by atoms with E-state index in [4.69, 9.17) is 37.7 Å². The number of hydrogen-bond donors (Lipinski definition) is 2. The number of fused-ring (bicyclic) bond motifs is 1. The molecule has 14 nitrogen and oxygen atoms in total. The molecule has 2 fully saturated rings. The fourth-order valence-electron chi connectivity index (χ4n) is 9.38. The van der Waals surface area contributed by atoms with Crippen LogP contribution in [0.2, 0.25) is 10.0 Å². The zero-order valence-corrected chi connectivity index (χ0v) is 39.8. The monoisotopic (exact) mass is 949 g/mol. The van der Waals surface area contributed by atoms with Crippen LogP contribution in [0, 0.1) is 5.92 Å². The zero-order chi connectivity index (χ0) is 47.4. The van der Waals surface area contributed by atoms with Crippen LogP contribution in [0.15, 0.2) is 97.2 Å². The summed E-state index contributed by atoms with van der Waals surface area (Å²) in [7, 11) is 5.29. The number of likely N-dealkylation sites (N-methyl/N-ethyl adjacent to an activating group) is 2. The Labute approximate surface area is 401 Å². The van der Waals surface area contributed by atoms with Gasteiger partial charge in [0.05, 0.1) is 50.2 Å². The Hall–Kier alpha value is -5.93. The molecule has 0 aliphatic carbocycles. The molecule has 67 heavy (non-hydrogen) atoms. The fraction of sp³-hybridized carbons (Fsp3) is 0.392. The smallest absolute Gasteiger partial charge is 0.247 e. The van der Waals surface area contributed by atoms with Gasteiger partial charge in [-0.1, -0.05) is 59.6 Å². The third kappa shape index (κ3) is 10.8. The van der Waals surface area contributed by atoms with Gasteiger partial charge in [0.25, 0.3) is 0 Å². The number of aromatic nitrogens is 2. The van der Waals surface area contributed by atoms with Crippen LogP contribution in [0.4, 0.5) is 0 Å². The molecule has 8 rings (SSSR count). The van der Waals surface area contributed by atoms with E-state index >= 15 is 4.79 Å². The highest BCUT2D eigenvalue weighted by Gasteiger charge is 2.42. The Morgan fingerprint density at radius 1 is 0.851 bits per heavy atom. The second-order valence-corrected chi connectivity index (χ2v) is 18.7. The van der Waals surface area contributed by atoms with Crippen LogP contribution in [0.3, 0.4) is 0 Å². The number of likely N-dealkylation sites (tertiary alicyclic amines) is 1. The first-order chi connectivity index (χ1) is 32.3. The number of imidazole rings is 1. The van der Waals surface area contributed by atoms with E-state index in [0.29, 0.717) is 39.3 Å². The third-order valence-electron chi connectivity index (χ3n) is 13.4. The van der Waals surface area contributed by atoms with Crippen molar-refractivity contribution in [3.63, 3.8) is 0 Å². The van der Waals surface area contributed by atoms with Gasteiger partial charge in [-0.05, 0) is 99.4 Å². The molecule has 4 amide bonds. The Morgan fingerprint density at radius 2 is 1.57 bits per heavy atom. The number of amides is 4. The number of nitrogens with zero attached hydrogens (tertiary/aromatic N) is 6. The lowest BCUT2D eigenvalue weighted by atomic mass is 9.83. The van der Waals surface area contributed by atoms with E-state index < -0.39 is 54.3 Å². The SMILES string of the molecule is C[C@H]1C(=O)N[C@@H](CO)C(=O)N(C)[C@H](Cc2ccc(Cl)cc2)CN(C)C(=O)[C@H](C2COc3ccccc32)CC(=O)N1Cc1ccc(Cl)cc1Oc1ccc(-c2cnc(CN3CCCC3)n2C)cc1. The fourth-order valence-corrected chi connectivity index (χ4v) is 9.67. The minimum Gasteiger partial charge on any atom is -0.493 e. The highest BCUT2D eigenvalue weighted by Crippen LogP contribution is 2.41. The largest absolute Gasteiger partial charge is 0.493 e. The molecule has 3 aliphatic rings. The minimum absolute atomic E-state index is 0.0874. The summed E-state index contributed by atoms with van der Waals surface area (Å²) >= 11 is 12.8. The number of halogens is 2. The lowest BCUT2D eigenvalue weighted by Crippen LogP contribution is -2.58. The maximum absolute atomic E-state index is 15.0. The summed E-state index contributed by atoms with van der Waals surface area (Å²) in [6, 6.07) is 24.3. The van der Waals surface area contributed by atoms with Crippen molar-refractivity contribution in [2.45, 2.75) is 69.7 Å². The maximum atomic E-state index is 15.0. The van der Waals surface area contributed by atoms with Crippen LogP contribution in [0.1, 0.15) is 54.6 Å². The molecule has 5 aromatic rings. The van der Waals surface area contributed by atoms with Crippen molar-refractivity contribution in [3.05, 3.63) is 130 Å². The summed E-state index contributed by atoms with van der Waals surface area (Å²) in [6.45, 7) is 3.96. The van der Waals surface area contributed by atoms with Crippen molar-refractivity contribution in [3.8, 4) is 28.5 Å². The quantitative estimate of drug-likeness (QED) is 0.148. The normalized spacial score (nSPS) is 22.1. The number of benzene rings is 4. The number of rotatable bonds is 11. The van der Waals surface area contributed by atoms with E-state index in [1.165, 1.54) is 22.6 Å². The van der Waals surface area contributed by atoms with Crippen LogP contribution in [0.25, 0.3) is 11.3 Å². The molecule has 352 valence electrons. The maximum Gasteiger partial charge on any atom is 0.247 e. The Bertz CT molecular complexity index is 2580. The standard InChI is InChI=1S/C51H57Cl2N7O7/c1-32-49(63)55-43(30-61)51(65)57(3)38(23-33-11-16-36(52)17-12-33)28-56(2)50(64)41(42-31-66-45-10-6-5-9-40(42)45)25-48(62)60(32)27-35-13-18-37(53)24-46(35)67-39-19-14-34(15-20-39)44-26-54-47(58(44)4)29-59-21-7-8-22-59/h5-6,9-20,24,26,32,38,41-43,61H,7-8,21-23,25,27-31H2,1-4H3,(H,55,63)/t32-,38+,41-,42?,43-/m0/s1. The molecule has 5 atom stereocenters. The van der Waals surface area contributed by atoms with E-state index in [0.717, 1.165) is 47.8 Å². The summed E-state index contributed by atoms with van der Waals surface area (Å²) in [5.74, 6) is -0.902. The van der Waals surface area contributed by atoms with E-state index in [9.17, 15) is 19.5 Å². The topological polar surface area (TPSA) is 150 Å². The highest BCUT2D eigenvalue weighted by atomic mass is 35.5. The molecule has 16 heteroatoms. The average molecular weight is 951 g/mol. The predicted molar refractivity (Wildman–Crippen MR) is 256 cm³/mol. The second kappa shape index (κ2) is 20.9. The molecule has 0 spiro atoms. The molecule has 1 unspecified atom stereocenters. The number of carbonyl (C=O) groups is 4. The zero-order valence-electron chi connectivity index (χ0n) is 38.2. The van der Waals surface area contributed by atoms with E-state index in [1.54, 1.807) is 56.3 Å². The molecule has 3 aliphatic heterocycles. The minimum atomic E-state index is -1.34. The highest BCUT2D eigenvalue weighted by molar-refractivity contribution is 6.31. The van der Waals surface area contributed by atoms with Crippen molar-refractivity contribution in [2.24, 2.45) is 13.0 Å². The molecule has 1 aromatic heterocycles. The second-order valence-electron chi connectivity index (χ2n) is 17.8. The average Bonchev–Trinajstić information content (AvgIpc) is 4.10. The summed E-state index contributed by atoms with van der Waals surface area (Å²) in [5, 5.41) is 14.2. The number of hydrogen-bond acceptors (Lipinski definition) is 9. The van der Waals surface area contributed by atoms with Crippen LogP contribution < -0.4 is 14.8 Å². The van der Waals surface area contributed by atoms with E-state index in [-0.39, 0.29) is 32.0 Å². The molecule has 2 saturated heterocycles. The summed E-state index contributed by atoms with van der Waals surface area (Å²) in [6.07, 6.45) is 4.38. The van der Waals surface area contributed by atoms with Crippen molar-refractivity contribution in [1.29, 1.82) is 0 Å². The summed E-state index contributed by atoms with van der Waals surface area (Å²) < 4.78 is 14.7. The van der Waals surface area contributed by atoms with Gasteiger partial charge in [0.1, 0.15) is 35.2 Å². The van der Waals surface area contributed by atoms with E-state index in [1.807, 2.05) is 73.9 Å². The first-order valence-electron chi connectivity index (χ1n) is 22.8. The predicted octanol–water partition coefficient (Wildman–Crippen LogP) is 6.70. The van der Waals surface area contributed by atoms with Gasteiger partial charge in [0.15, 0.2) is 0 Å². The summed E-state index contributed by atoms with van der Waals surface area (Å²) in [5.41, 5.74) is 4.15. The lowest BCUT2D eigenvalue weighted by Gasteiger charge is -2.37. The molecular formula is C51H57Cl2N7O7. The van der Waals surface area contributed by atoms with Gasteiger partial charge in [-0.25, -0.2) is 4.98 Å². The van der Waals surface area contributed by atoms with Crippen molar-refractivity contribution < 1.29 is 33.8 Å². The number of nitrogens with one attached hydrogen (secondary N) is 1. The third-order valence-corrected chi connectivity index (χ3v) is 13.9. The van der Waals surface area contributed by atoms with Gasteiger partial charge in [0.2, 0.25) is 23.6 Å². The van der Waals surface area contributed by atoms with Crippen LogP contribution >= 0.6 is 23.2 Å². The van der Waals surface area contributed by atoms with Crippen LogP contribution in [-0.4, -0.2) is 123 Å². The lowest BCUT2D eigenvalue weighted by molar-refractivity contribution is -0.148. The first kappa shape index (κ1) is 47.6. The molecular weight excluding hydrogens is 894 g/mol. The number of ether oxygens (including phenoxy) is 2. The Kier molecular flexibility index (Phi) is 14.9. The van der Waals surface area contributed by atoms with Gasteiger partial charge < -0.3 is 39.2 Å². The van der Waals surface area contributed by atoms with Crippen LogP contribution in [-0.2, 0) is 45.7 Å². The molecule has 0 radical (unpaired) electrons. The van der Waals surface area contributed by atoms with Gasteiger partial charge in [-0.15, -0.1) is 0 Å². The number of para-hydroxylation sites is 1. The summed E-state index contributed by atoms with van der Waals surface area (Å²) in [4.78, 5) is 70.0. The Balaban J connectivity index is 1.10. The van der Waals surface area contributed by atoms with Crippen molar-refractivity contribution >= 4 is 46.8 Å². The van der Waals surface area contributed by atoms with Gasteiger partial charge in [0, 0.05) is 66.8 Å². The molecule has 4 aromatic carbocycles.